The van der Waals surface area contributed by atoms with Gasteiger partial charge in [-0.25, -0.2) is 0 Å². The van der Waals surface area contributed by atoms with Crippen LogP contribution in [0.3, 0.4) is 0 Å². The third-order valence-electron chi connectivity index (χ3n) is 3.46. The van der Waals surface area contributed by atoms with Gasteiger partial charge in [0.05, 0.1) is 11.3 Å². The minimum absolute atomic E-state index is 0.353. The fourth-order valence-corrected chi connectivity index (χ4v) is 1.83. The molecule has 0 fully saturated rings. The number of aliphatic hydroxyl groups is 1. The minimum atomic E-state index is -0.822. The average molecular weight is 276 g/mol. The summed E-state index contributed by atoms with van der Waals surface area (Å²) in [5.74, 6) is 0.998. The fourth-order valence-electron chi connectivity index (χ4n) is 1.83. The molecular formula is C15H24N4O. The zero-order valence-electron chi connectivity index (χ0n) is 13.0. The fraction of sp³-hybridized carbons (Fsp3) is 0.667. The molecule has 110 valence electrons. The zero-order valence-corrected chi connectivity index (χ0v) is 13.0. The lowest BCUT2D eigenvalue weighted by atomic mass is 9.95. The van der Waals surface area contributed by atoms with E-state index in [9.17, 15) is 10.4 Å². The Kier molecular flexibility index (Phi) is 5.46. The summed E-state index contributed by atoms with van der Waals surface area (Å²) < 4.78 is 0. The van der Waals surface area contributed by atoms with Crippen molar-refractivity contribution >= 4 is 5.82 Å². The summed E-state index contributed by atoms with van der Waals surface area (Å²) in [5, 5.41) is 30.6. The number of nitrogens with one attached hydrogen (secondary N) is 1. The van der Waals surface area contributed by atoms with Crippen molar-refractivity contribution < 1.29 is 5.11 Å². The molecule has 1 aromatic heterocycles. The summed E-state index contributed by atoms with van der Waals surface area (Å²) in [6.07, 6.45) is 1.66. The van der Waals surface area contributed by atoms with Gasteiger partial charge in [-0.05, 0) is 45.1 Å². The van der Waals surface area contributed by atoms with Crippen LogP contribution in [0.15, 0.2) is 0 Å². The van der Waals surface area contributed by atoms with Crippen LogP contribution in [0, 0.1) is 31.1 Å². The highest BCUT2D eigenvalue weighted by Gasteiger charge is 2.21. The summed E-state index contributed by atoms with van der Waals surface area (Å²) in [7, 11) is 0. The van der Waals surface area contributed by atoms with Gasteiger partial charge in [0.25, 0.3) is 0 Å². The Morgan fingerprint density at radius 1 is 1.35 bits per heavy atom. The Balaban J connectivity index is 2.75. The van der Waals surface area contributed by atoms with Gasteiger partial charge in [-0.3, -0.25) is 0 Å². The average Bonchev–Trinajstić information content (AvgIpc) is 2.38. The van der Waals surface area contributed by atoms with Crippen LogP contribution >= 0.6 is 0 Å². The van der Waals surface area contributed by atoms with Crippen molar-refractivity contribution in [3.8, 4) is 6.07 Å². The number of nitrogens with zero attached hydrogens (tertiary/aromatic N) is 3. The Labute approximate surface area is 121 Å². The van der Waals surface area contributed by atoms with Gasteiger partial charge in [-0.15, -0.1) is 5.10 Å². The van der Waals surface area contributed by atoms with Crippen LogP contribution < -0.4 is 5.32 Å². The highest BCUT2D eigenvalue weighted by molar-refractivity contribution is 5.55. The number of aromatic nitrogens is 2. The van der Waals surface area contributed by atoms with E-state index in [-0.39, 0.29) is 0 Å². The molecule has 0 saturated heterocycles. The molecule has 5 heteroatoms. The van der Waals surface area contributed by atoms with Gasteiger partial charge in [0.2, 0.25) is 0 Å². The molecule has 0 radical (unpaired) electrons. The van der Waals surface area contributed by atoms with Crippen LogP contribution in [0.25, 0.3) is 0 Å². The van der Waals surface area contributed by atoms with Crippen LogP contribution in [-0.2, 0) is 0 Å². The quantitative estimate of drug-likeness (QED) is 0.834. The monoisotopic (exact) mass is 276 g/mol. The predicted octanol–water partition coefficient (Wildman–Crippen LogP) is 2.56. The third-order valence-corrected chi connectivity index (χ3v) is 3.46. The molecule has 0 aliphatic carbocycles. The molecular weight excluding hydrogens is 252 g/mol. The van der Waals surface area contributed by atoms with Crippen molar-refractivity contribution in [1.29, 1.82) is 5.26 Å². The molecule has 0 spiro atoms. The standard InChI is InChI=1S/C15H24N4O/c1-10(2)6-7-15(5,20)9-17-14-13(8-16)11(3)12(4)18-19-14/h10,20H,6-7,9H2,1-5H3,(H,17,19). The summed E-state index contributed by atoms with van der Waals surface area (Å²) in [6.45, 7) is 10.1. The predicted molar refractivity (Wildman–Crippen MR) is 79.4 cm³/mol. The van der Waals surface area contributed by atoms with Gasteiger partial charge in [-0.1, -0.05) is 13.8 Å². The van der Waals surface area contributed by atoms with E-state index in [1.165, 1.54) is 0 Å². The van der Waals surface area contributed by atoms with Gasteiger partial charge in [-0.2, -0.15) is 10.4 Å². The first-order chi connectivity index (χ1) is 9.26. The number of hydrogen-bond acceptors (Lipinski definition) is 5. The van der Waals surface area contributed by atoms with Gasteiger partial charge >= 0.3 is 0 Å². The van der Waals surface area contributed by atoms with E-state index in [1.54, 1.807) is 6.92 Å². The SMILES string of the molecule is Cc1nnc(NCC(C)(O)CCC(C)C)c(C#N)c1C. The molecule has 1 heterocycles. The summed E-state index contributed by atoms with van der Waals surface area (Å²) in [6, 6.07) is 2.14. The van der Waals surface area contributed by atoms with E-state index < -0.39 is 5.60 Å². The van der Waals surface area contributed by atoms with Crippen LogP contribution in [-0.4, -0.2) is 27.4 Å². The molecule has 0 aliphatic rings. The molecule has 2 N–H and O–H groups in total. The normalized spacial score (nSPS) is 13.9. The summed E-state index contributed by atoms with van der Waals surface area (Å²) in [4.78, 5) is 0. The highest BCUT2D eigenvalue weighted by Crippen LogP contribution is 2.20. The van der Waals surface area contributed by atoms with Crippen molar-refractivity contribution in [2.75, 3.05) is 11.9 Å². The lowest BCUT2D eigenvalue weighted by molar-refractivity contribution is 0.0585. The summed E-state index contributed by atoms with van der Waals surface area (Å²) in [5.41, 5.74) is 1.25. The van der Waals surface area contributed by atoms with Gasteiger partial charge < -0.3 is 10.4 Å². The van der Waals surface area contributed by atoms with E-state index in [2.05, 4.69) is 35.4 Å². The minimum Gasteiger partial charge on any atom is -0.388 e. The lowest BCUT2D eigenvalue weighted by Gasteiger charge is -2.25. The smallest absolute Gasteiger partial charge is 0.167 e. The van der Waals surface area contributed by atoms with Crippen molar-refractivity contribution in [3.05, 3.63) is 16.8 Å². The van der Waals surface area contributed by atoms with E-state index in [4.69, 9.17) is 0 Å². The molecule has 1 rings (SSSR count). The molecule has 5 nitrogen and oxygen atoms in total. The molecule has 0 saturated carbocycles. The summed E-state index contributed by atoms with van der Waals surface area (Å²) >= 11 is 0. The first-order valence-corrected chi connectivity index (χ1v) is 6.97. The first kappa shape index (κ1) is 16.4. The maximum absolute atomic E-state index is 10.3. The Bertz CT molecular complexity index is 503. The van der Waals surface area contributed by atoms with Crippen LogP contribution in [0.1, 0.15) is 50.4 Å². The number of anilines is 1. The maximum Gasteiger partial charge on any atom is 0.167 e. The number of rotatable bonds is 6. The molecule has 0 bridgehead atoms. The van der Waals surface area contributed by atoms with Crippen LogP contribution in [0.2, 0.25) is 0 Å². The second-order valence-electron chi connectivity index (χ2n) is 6.03. The van der Waals surface area contributed by atoms with E-state index in [0.29, 0.717) is 30.3 Å². The van der Waals surface area contributed by atoms with Crippen molar-refractivity contribution in [3.63, 3.8) is 0 Å². The molecule has 0 aliphatic heterocycles. The van der Waals surface area contributed by atoms with Crippen molar-refractivity contribution in [2.24, 2.45) is 5.92 Å². The Morgan fingerprint density at radius 3 is 2.55 bits per heavy atom. The number of hydrogen-bond donors (Lipinski definition) is 2. The van der Waals surface area contributed by atoms with Crippen molar-refractivity contribution in [2.45, 2.75) is 53.1 Å². The molecule has 1 unspecified atom stereocenters. The zero-order chi connectivity index (χ0) is 15.3. The van der Waals surface area contributed by atoms with E-state index >= 15 is 0 Å². The second kappa shape index (κ2) is 6.67. The maximum atomic E-state index is 10.3. The molecule has 1 atom stereocenters. The second-order valence-corrected chi connectivity index (χ2v) is 6.03. The van der Waals surface area contributed by atoms with E-state index in [0.717, 1.165) is 17.7 Å². The largest absolute Gasteiger partial charge is 0.388 e. The molecule has 1 aromatic rings. The Hall–Kier alpha value is -1.67. The number of aryl methyl sites for hydroxylation is 1. The van der Waals surface area contributed by atoms with Gasteiger partial charge in [0.1, 0.15) is 11.6 Å². The van der Waals surface area contributed by atoms with Crippen molar-refractivity contribution in [1.82, 2.24) is 10.2 Å². The van der Waals surface area contributed by atoms with Crippen LogP contribution in [0.4, 0.5) is 5.82 Å². The molecule has 0 aromatic carbocycles. The van der Waals surface area contributed by atoms with E-state index in [1.807, 2.05) is 13.8 Å². The topological polar surface area (TPSA) is 81.8 Å². The van der Waals surface area contributed by atoms with Gasteiger partial charge in [0, 0.05) is 6.54 Å². The highest BCUT2D eigenvalue weighted by atomic mass is 16.3. The first-order valence-electron chi connectivity index (χ1n) is 6.97. The molecule has 0 amide bonds. The molecule has 20 heavy (non-hydrogen) atoms. The van der Waals surface area contributed by atoms with Gasteiger partial charge in [0.15, 0.2) is 5.82 Å². The van der Waals surface area contributed by atoms with Crippen LogP contribution in [0.5, 0.6) is 0 Å². The Morgan fingerprint density at radius 2 is 2.00 bits per heavy atom. The number of nitriles is 1. The lowest BCUT2D eigenvalue weighted by Crippen LogP contribution is -2.34. The third kappa shape index (κ3) is 4.46.